The van der Waals surface area contributed by atoms with E-state index in [1.807, 2.05) is 0 Å². The molecule has 1 aromatic rings. The molecule has 0 N–H and O–H groups in total. The van der Waals surface area contributed by atoms with Crippen LogP contribution in [-0.4, -0.2) is 36.9 Å². The minimum absolute atomic E-state index is 0.00892. The summed E-state index contributed by atoms with van der Waals surface area (Å²) < 4.78 is 9.03. The molecule has 0 atom stereocenters. The normalized spacial score (nSPS) is 10.2. The van der Waals surface area contributed by atoms with Crippen LogP contribution in [0.5, 0.6) is 0 Å². The van der Waals surface area contributed by atoms with Crippen molar-refractivity contribution in [3.8, 4) is 0 Å². The second-order valence-electron chi connectivity index (χ2n) is 3.63. The van der Waals surface area contributed by atoms with Crippen LogP contribution < -0.4 is 0 Å². The molecule has 0 radical (unpaired) electrons. The number of rotatable bonds is 4. The van der Waals surface area contributed by atoms with Crippen molar-refractivity contribution in [3.05, 3.63) is 28.5 Å². The summed E-state index contributed by atoms with van der Waals surface area (Å²) in [6.45, 7) is 1.35. The van der Waals surface area contributed by atoms with Crippen molar-refractivity contribution in [2.24, 2.45) is 0 Å². The van der Waals surface area contributed by atoms with Crippen LogP contribution in [0.4, 0.5) is 0 Å². The Kier molecular flexibility index (Phi) is 5.00. The number of carbonyl (C=O) groups is 3. The molecule has 0 fully saturated rings. The van der Waals surface area contributed by atoms with Crippen LogP contribution in [0.1, 0.15) is 28.9 Å². The van der Waals surface area contributed by atoms with Crippen molar-refractivity contribution < 1.29 is 23.9 Å². The van der Waals surface area contributed by atoms with E-state index >= 15 is 0 Å². The topological polar surface area (TPSA) is 82.6 Å². The first kappa shape index (κ1) is 15.1. The SMILES string of the molecule is COC(=O)C(C(=O)OC)c1ncc(C(C)=O)cc1Cl. The van der Waals surface area contributed by atoms with E-state index in [-0.39, 0.29) is 22.1 Å². The van der Waals surface area contributed by atoms with Gasteiger partial charge in [0.25, 0.3) is 0 Å². The van der Waals surface area contributed by atoms with E-state index < -0.39 is 17.9 Å². The number of esters is 2. The summed E-state index contributed by atoms with van der Waals surface area (Å²) in [5.74, 6) is -3.27. The lowest BCUT2D eigenvalue weighted by molar-refractivity contribution is -0.154. The van der Waals surface area contributed by atoms with Crippen LogP contribution in [0, 0.1) is 0 Å². The molecule has 0 aliphatic rings. The fraction of sp³-hybridized carbons (Fsp3) is 0.333. The standard InChI is InChI=1S/C12H12ClNO5/c1-6(15)7-4-8(13)10(14-5-7)9(11(16)18-2)12(17)19-3/h4-5,9H,1-3H3. The lowest BCUT2D eigenvalue weighted by atomic mass is 10.0. The minimum atomic E-state index is -1.37. The lowest BCUT2D eigenvalue weighted by Gasteiger charge is -2.13. The summed E-state index contributed by atoms with van der Waals surface area (Å²) in [4.78, 5) is 38.3. The molecular formula is C12H12ClNO5. The summed E-state index contributed by atoms with van der Waals surface area (Å²) in [5, 5.41) is 0.0218. The number of Topliss-reactive ketones (excluding diaryl/α,β-unsaturated/α-hetero) is 1. The first-order valence-corrected chi connectivity index (χ1v) is 5.62. The van der Waals surface area contributed by atoms with E-state index in [0.29, 0.717) is 0 Å². The fourth-order valence-electron chi connectivity index (χ4n) is 1.41. The molecule has 0 unspecified atom stereocenters. The Bertz CT molecular complexity index is 513. The van der Waals surface area contributed by atoms with E-state index in [1.165, 1.54) is 19.2 Å². The molecule has 19 heavy (non-hydrogen) atoms. The zero-order valence-electron chi connectivity index (χ0n) is 10.6. The predicted molar refractivity (Wildman–Crippen MR) is 66.0 cm³/mol. The maximum absolute atomic E-state index is 11.6. The minimum Gasteiger partial charge on any atom is -0.468 e. The van der Waals surface area contributed by atoms with Crippen molar-refractivity contribution in [1.82, 2.24) is 4.98 Å². The molecule has 0 aliphatic heterocycles. The fourth-order valence-corrected chi connectivity index (χ4v) is 1.68. The lowest BCUT2D eigenvalue weighted by Crippen LogP contribution is -2.25. The van der Waals surface area contributed by atoms with Gasteiger partial charge in [0, 0.05) is 11.8 Å². The largest absolute Gasteiger partial charge is 0.468 e. The van der Waals surface area contributed by atoms with Crippen LogP contribution in [-0.2, 0) is 19.1 Å². The number of nitrogens with zero attached hydrogens (tertiary/aromatic N) is 1. The molecule has 0 aromatic carbocycles. The maximum Gasteiger partial charge on any atom is 0.326 e. The van der Waals surface area contributed by atoms with Crippen LogP contribution in [0.25, 0.3) is 0 Å². The molecule has 0 spiro atoms. The highest BCUT2D eigenvalue weighted by molar-refractivity contribution is 6.32. The van der Waals surface area contributed by atoms with Gasteiger partial charge in [-0.1, -0.05) is 11.6 Å². The zero-order chi connectivity index (χ0) is 14.6. The number of ether oxygens (including phenoxy) is 2. The Morgan fingerprint density at radius 2 is 1.74 bits per heavy atom. The van der Waals surface area contributed by atoms with E-state index in [1.54, 1.807) is 0 Å². The number of aromatic nitrogens is 1. The number of hydrogen-bond donors (Lipinski definition) is 0. The summed E-state index contributed by atoms with van der Waals surface area (Å²) in [6, 6.07) is 1.34. The summed E-state index contributed by atoms with van der Waals surface area (Å²) in [5.41, 5.74) is 0.271. The van der Waals surface area contributed by atoms with Gasteiger partial charge < -0.3 is 9.47 Å². The third-order valence-corrected chi connectivity index (χ3v) is 2.73. The predicted octanol–water partition coefficient (Wildman–Crippen LogP) is 1.37. The highest BCUT2D eigenvalue weighted by Gasteiger charge is 2.34. The number of ketones is 1. The third-order valence-electron chi connectivity index (χ3n) is 2.42. The van der Waals surface area contributed by atoms with Gasteiger partial charge in [0.05, 0.1) is 24.9 Å². The molecule has 0 aliphatic carbocycles. The van der Waals surface area contributed by atoms with E-state index in [2.05, 4.69) is 14.5 Å². The van der Waals surface area contributed by atoms with Gasteiger partial charge in [0.2, 0.25) is 0 Å². The zero-order valence-corrected chi connectivity index (χ0v) is 11.4. The van der Waals surface area contributed by atoms with Crippen LogP contribution >= 0.6 is 11.6 Å². The first-order chi connectivity index (χ1) is 8.92. The highest BCUT2D eigenvalue weighted by Crippen LogP contribution is 2.25. The quantitative estimate of drug-likeness (QED) is 0.472. The monoisotopic (exact) mass is 285 g/mol. The molecule has 1 rings (SSSR count). The molecule has 6 nitrogen and oxygen atoms in total. The Morgan fingerprint density at radius 1 is 1.21 bits per heavy atom. The molecule has 0 saturated heterocycles. The van der Waals surface area contributed by atoms with Crippen LogP contribution in [0.3, 0.4) is 0 Å². The molecule has 0 amide bonds. The van der Waals surface area contributed by atoms with Crippen molar-refractivity contribution in [2.75, 3.05) is 14.2 Å². The van der Waals surface area contributed by atoms with Crippen molar-refractivity contribution in [1.29, 1.82) is 0 Å². The molecular weight excluding hydrogens is 274 g/mol. The number of methoxy groups -OCH3 is 2. The molecule has 0 bridgehead atoms. The summed E-state index contributed by atoms with van der Waals surface area (Å²) >= 11 is 5.94. The maximum atomic E-state index is 11.6. The van der Waals surface area contributed by atoms with E-state index in [0.717, 1.165) is 14.2 Å². The number of carbonyl (C=O) groups excluding carboxylic acids is 3. The van der Waals surface area contributed by atoms with Gasteiger partial charge in [-0.2, -0.15) is 0 Å². The Morgan fingerprint density at radius 3 is 2.11 bits per heavy atom. The second-order valence-corrected chi connectivity index (χ2v) is 4.03. The number of halogens is 1. The van der Waals surface area contributed by atoms with Crippen LogP contribution in [0.2, 0.25) is 5.02 Å². The van der Waals surface area contributed by atoms with Gasteiger partial charge in [-0.25, -0.2) is 0 Å². The smallest absolute Gasteiger partial charge is 0.326 e. The van der Waals surface area contributed by atoms with E-state index in [9.17, 15) is 14.4 Å². The van der Waals surface area contributed by atoms with Crippen molar-refractivity contribution in [2.45, 2.75) is 12.8 Å². The molecule has 1 heterocycles. The molecule has 102 valence electrons. The Labute approximate surface area is 114 Å². The first-order valence-electron chi connectivity index (χ1n) is 5.24. The third kappa shape index (κ3) is 3.29. The van der Waals surface area contributed by atoms with E-state index in [4.69, 9.17) is 11.6 Å². The number of hydrogen-bond acceptors (Lipinski definition) is 6. The Balaban J connectivity index is 3.27. The highest BCUT2D eigenvalue weighted by atomic mass is 35.5. The number of pyridine rings is 1. The van der Waals surface area contributed by atoms with Crippen molar-refractivity contribution >= 4 is 29.3 Å². The summed E-state index contributed by atoms with van der Waals surface area (Å²) in [6.07, 6.45) is 1.24. The van der Waals surface area contributed by atoms with Gasteiger partial charge in [-0.15, -0.1) is 0 Å². The average Bonchev–Trinajstić information content (AvgIpc) is 2.39. The second kappa shape index (κ2) is 6.29. The average molecular weight is 286 g/mol. The van der Waals surface area contributed by atoms with Gasteiger partial charge in [0.1, 0.15) is 0 Å². The van der Waals surface area contributed by atoms with Gasteiger partial charge >= 0.3 is 11.9 Å². The molecule has 1 aromatic heterocycles. The van der Waals surface area contributed by atoms with Crippen molar-refractivity contribution in [3.63, 3.8) is 0 Å². The summed E-state index contributed by atoms with van der Waals surface area (Å²) in [7, 11) is 2.27. The van der Waals surface area contributed by atoms with Gasteiger partial charge in [-0.3, -0.25) is 19.4 Å². The van der Waals surface area contributed by atoms with Gasteiger partial charge in [0.15, 0.2) is 11.7 Å². The Hall–Kier alpha value is -1.95. The van der Waals surface area contributed by atoms with Crippen LogP contribution in [0.15, 0.2) is 12.3 Å². The molecule has 7 heteroatoms. The molecule has 0 saturated carbocycles. The van der Waals surface area contributed by atoms with Gasteiger partial charge in [-0.05, 0) is 13.0 Å².